The van der Waals surface area contributed by atoms with Crippen molar-refractivity contribution in [2.24, 2.45) is 0 Å². The largest absolute Gasteiger partial charge is 0.490 e. The summed E-state index contributed by atoms with van der Waals surface area (Å²) in [5.41, 5.74) is 1.14. The summed E-state index contributed by atoms with van der Waals surface area (Å²) in [4.78, 5) is 23.2. The molecule has 1 N–H and O–H groups in total. The molecule has 2 aromatic rings. The molecular weight excluding hydrogens is 366 g/mol. The standard InChI is InChI=1S/C16H16BrNO5/c1-11-2-4-12(5-3-11)21-8-9-22-15(19)10-18-16(20)13-6-7-14(17)23-13/h2-7H,8-10H2,1H3,(H,18,20). The van der Waals surface area contributed by atoms with Gasteiger partial charge in [-0.2, -0.15) is 0 Å². The number of aryl methyl sites for hydroxylation is 1. The fraction of sp³-hybridized carbons (Fsp3) is 0.250. The minimum absolute atomic E-state index is 0.106. The summed E-state index contributed by atoms with van der Waals surface area (Å²) in [6.07, 6.45) is 0. The molecule has 0 aliphatic rings. The molecule has 122 valence electrons. The van der Waals surface area contributed by atoms with Crippen LogP contribution in [0.5, 0.6) is 5.75 Å². The Bertz CT molecular complexity index is 665. The fourth-order valence-corrected chi connectivity index (χ4v) is 1.98. The number of hydrogen-bond donors (Lipinski definition) is 1. The monoisotopic (exact) mass is 381 g/mol. The zero-order valence-corrected chi connectivity index (χ0v) is 14.1. The average molecular weight is 382 g/mol. The van der Waals surface area contributed by atoms with E-state index in [4.69, 9.17) is 13.9 Å². The van der Waals surface area contributed by atoms with Gasteiger partial charge in [0.2, 0.25) is 0 Å². The summed E-state index contributed by atoms with van der Waals surface area (Å²) in [5, 5.41) is 2.41. The van der Waals surface area contributed by atoms with E-state index >= 15 is 0 Å². The van der Waals surface area contributed by atoms with E-state index in [0.717, 1.165) is 5.56 Å². The molecule has 2 rings (SSSR count). The van der Waals surface area contributed by atoms with Crippen LogP contribution in [0, 0.1) is 6.92 Å². The molecule has 1 aromatic heterocycles. The number of esters is 1. The summed E-state index contributed by atoms with van der Waals surface area (Å²) < 4.78 is 15.9. The molecule has 1 amide bonds. The van der Waals surface area contributed by atoms with E-state index in [2.05, 4.69) is 21.2 Å². The molecule has 0 atom stereocenters. The summed E-state index contributed by atoms with van der Waals surface area (Å²) in [7, 11) is 0. The zero-order chi connectivity index (χ0) is 16.7. The first-order chi connectivity index (χ1) is 11.0. The smallest absolute Gasteiger partial charge is 0.325 e. The Kier molecular flexibility index (Phi) is 6.22. The summed E-state index contributed by atoms with van der Waals surface area (Å²) in [6, 6.07) is 10.7. The van der Waals surface area contributed by atoms with Gasteiger partial charge in [-0.1, -0.05) is 17.7 Å². The number of amides is 1. The van der Waals surface area contributed by atoms with Crippen LogP contribution in [0.3, 0.4) is 0 Å². The number of furan rings is 1. The van der Waals surface area contributed by atoms with E-state index in [1.54, 1.807) is 6.07 Å². The van der Waals surface area contributed by atoms with E-state index in [1.165, 1.54) is 6.07 Å². The van der Waals surface area contributed by atoms with Crippen molar-refractivity contribution in [3.8, 4) is 5.75 Å². The maximum atomic E-state index is 11.6. The van der Waals surface area contributed by atoms with Crippen LogP contribution in [0.4, 0.5) is 0 Å². The first-order valence-electron chi connectivity index (χ1n) is 6.93. The number of nitrogens with one attached hydrogen (secondary N) is 1. The fourth-order valence-electron chi connectivity index (χ4n) is 1.68. The van der Waals surface area contributed by atoms with Crippen LogP contribution in [0.15, 0.2) is 45.5 Å². The highest BCUT2D eigenvalue weighted by Crippen LogP contribution is 2.13. The maximum Gasteiger partial charge on any atom is 0.325 e. The second kappa shape index (κ2) is 8.38. The second-order valence-electron chi connectivity index (χ2n) is 4.67. The number of halogens is 1. The van der Waals surface area contributed by atoms with Gasteiger partial charge in [0.15, 0.2) is 10.4 Å². The second-order valence-corrected chi connectivity index (χ2v) is 5.45. The van der Waals surface area contributed by atoms with Crippen LogP contribution < -0.4 is 10.1 Å². The van der Waals surface area contributed by atoms with Crippen LogP contribution in [0.25, 0.3) is 0 Å². The Hall–Kier alpha value is -2.28. The lowest BCUT2D eigenvalue weighted by atomic mass is 10.2. The predicted molar refractivity (Wildman–Crippen MR) is 86.4 cm³/mol. The number of carbonyl (C=O) groups is 2. The highest BCUT2D eigenvalue weighted by molar-refractivity contribution is 9.10. The van der Waals surface area contributed by atoms with Crippen LogP contribution >= 0.6 is 15.9 Å². The van der Waals surface area contributed by atoms with E-state index in [9.17, 15) is 9.59 Å². The first kappa shape index (κ1) is 17.1. The SMILES string of the molecule is Cc1ccc(OCCOC(=O)CNC(=O)c2ccc(Br)o2)cc1. The zero-order valence-electron chi connectivity index (χ0n) is 12.5. The number of ether oxygens (including phenoxy) is 2. The third kappa shape index (κ3) is 5.78. The molecule has 0 unspecified atom stereocenters. The molecule has 1 aromatic carbocycles. The highest BCUT2D eigenvalue weighted by atomic mass is 79.9. The third-order valence-corrected chi connectivity index (χ3v) is 3.25. The van der Waals surface area contributed by atoms with Crippen molar-refractivity contribution < 1.29 is 23.5 Å². The normalized spacial score (nSPS) is 10.2. The summed E-state index contributed by atoms with van der Waals surface area (Å²) in [6.45, 7) is 2.10. The highest BCUT2D eigenvalue weighted by Gasteiger charge is 2.12. The van der Waals surface area contributed by atoms with Crippen molar-refractivity contribution in [2.45, 2.75) is 6.92 Å². The Morgan fingerprint density at radius 2 is 1.87 bits per heavy atom. The van der Waals surface area contributed by atoms with Gasteiger partial charge in [-0.25, -0.2) is 0 Å². The van der Waals surface area contributed by atoms with Gasteiger partial charge in [-0.05, 0) is 47.1 Å². The van der Waals surface area contributed by atoms with Gasteiger partial charge in [0.25, 0.3) is 5.91 Å². The molecule has 0 aliphatic carbocycles. The van der Waals surface area contributed by atoms with Crippen molar-refractivity contribution in [2.75, 3.05) is 19.8 Å². The molecule has 0 bridgehead atoms. The molecule has 0 radical (unpaired) electrons. The van der Waals surface area contributed by atoms with Crippen LogP contribution in [-0.4, -0.2) is 31.6 Å². The van der Waals surface area contributed by atoms with Gasteiger partial charge in [0.1, 0.15) is 25.5 Å². The Balaban J connectivity index is 1.61. The van der Waals surface area contributed by atoms with E-state index < -0.39 is 11.9 Å². The summed E-state index contributed by atoms with van der Waals surface area (Å²) >= 11 is 3.09. The lowest BCUT2D eigenvalue weighted by Gasteiger charge is -2.08. The number of rotatable bonds is 7. The topological polar surface area (TPSA) is 77.8 Å². The Labute approximate surface area is 141 Å². The molecule has 6 nitrogen and oxygen atoms in total. The van der Waals surface area contributed by atoms with E-state index in [-0.39, 0.29) is 25.5 Å². The van der Waals surface area contributed by atoms with Gasteiger partial charge >= 0.3 is 5.97 Å². The molecule has 7 heteroatoms. The van der Waals surface area contributed by atoms with Crippen molar-refractivity contribution in [3.05, 3.63) is 52.4 Å². The number of hydrogen-bond acceptors (Lipinski definition) is 5. The maximum absolute atomic E-state index is 11.6. The lowest BCUT2D eigenvalue weighted by molar-refractivity contribution is -0.143. The van der Waals surface area contributed by atoms with E-state index in [0.29, 0.717) is 10.4 Å². The van der Waals surface area contributed by atoms with E-state index in [1.807, 2.05) is 31.2 Å². The number of carbonyl (C=O) groups excluding carboxylic acids is 2. The van der Waals surface area contributed by atoms with Gasteiger partial charge in [0, 0.05) is 0 Å². The van der Waals surface area contributed by atoms with Crippen LogP contribution in [-0.2, 0) is 9.53 Å². The third-order valence-electron chi connectivity index (χ3n) is 2.83. The molecule has 0 saturated heterocycles. The molecule has 0 aliphatic heterocycles. The van der Waals surface area contributed by atoms with Crippen LogP contribution in [0.1, 0.15) is 16.1 Å². The van der Waals surface area contributed by atoms with Gasteiger partial charge in [-0.15, -0.1) is 0 Å². The molecule has 0 spiro atoms. The lowest BCUT2D eigenvalue weighted by Crippen LogP contribution is -2.31. The Morgan fingerprint density at radius 3 is 2.52 bits per heavy atom. The number of benzene rings is 1. The van der Waals surface area contributed by atoms with Gasteiger partial charge < -0.3 is 19.2 Å². The van der Waals surface area contributed by atoms with Gasteiger partial charge in [-0.3, -0.25) is 9.59 Å². The van der Waals surface area contributed by atoms with Gasteiger partial charge in [0.05, 0.1) is 0 Å². The predicted octanol–water partition coefficient (Wildman–Crippen LogP) is 2.70. The molecular formula is C16H16BrNO5. The minimum Gasteiger partial charge on any atom is -0.490 e. The van der Waals surface area contributed by atoms with Crippen molar-refractivity contribution in [1.29, 1.82) is 0 Å². The summed E-state index contributed by atoms with van der Waals surface area (Å²) in [5.74, 6) is -0.198. The molecule has 1 heterocycles. The van der Waals surface area contributed by atoms with Crippen molar-refractivity contribution in [1.82, 2.24) is 5.32 Å². The van der Waals surface area contributed by atoms with Crippen LogP contribution in [0.2, 0.25) is 0 Å². The molecule has 23 heavy (non-hydrogen) atoms. The quantitative estimate of drug-likeness (QED) is 0.589. The average Bonchev–Trinajstić information content (AvgIpc) is 2.97. The van der Waals surface area contributed by atoms with Crippen molar-refractivity contribution >= 4 is 27.8 Å². The molecule has 0 saturated carbocycles. The minimum atomic E-state index is -0.545. The first-order valence-corrected chi connectivity index (χ1v) is 7.72. The Morgan fingerprint density at radius 1 is 1.13 bits per heavy atom. The van der Waals surface area contributed by atoms with Crippen molar-refractivity contribution in [3.63, 3.8) is 0 Å². The molecule has 0 fully saturated rings.